The molecule has 1 saturated carbocycles. The fourth-order valence-electron chi connectivity index (χ4n) is 2.13. The van der Waals surface area contributed by atoms with Crippen molar-refractivity contribution in [2.45, 2.75) is 31.8 Å². The van der Waals surface area contributed by atoms with E-state index in [1.807, 2.05) is 12.2 Å². The van der Waals surface area contributed by atoms with Gasteiger partial charge in [0, 0.05) is 0 Å². The number of allylic oxidation sites excluding steroid dienone is 2. The van der Waals surface area contributed by atoms with Gasteiger partial charge in [-0.3, -0.25) is 5.32 Å². The average Bonchev–Trinajstić information content (AvgIpc) is 2.22. The van der Waals surface area contributed by atoms with Gasteiger partial charge in [-0.2, -0.15) is 0 Å². The Balaban J connectivity index is 1.87. The molecule has 0 bridgehead atoms. The third kappa shape index (κ3) is 1.77. The minimum atomic E-state index is -0.289. The number of fused-ring (bicyclic) bond motifs is 1. The number of rotatable bonds is 2. The molecule has 0 aromatic carbocycles. The molecule has 5 nitrogen and oxygen atoms in total. The Hall–Kier alpha value is -1.91. The first-order valence-corrected chi connectivity index (χ1v) is 5.89. The van der Waals surface area contributed by atoms with Crippen LogP contribution in [0.25, 0.3) is 0 Å². The Labute approximate surface area is 99.4 Å². The first-order chi connectivity index (χ1) is 8.24. The van der Waals surface area contributed by atoms with Crippen LogP contribution in [-0.4, -0.2) is 12.1 Å². The van der Waals surface area contributed by atoms with E-state index in [4.69, 9.17) is 10.5 Å². The Bertz CT molecular complexity index is 458. The first-order valence-electron chi connectivity index (χ1n) is 5.89. The van der Waals surface area contributed by atoms with Crippen LogP contribution in [0.15, 0.2) is 35.0 Å². The van der Waals surface area contributed by atoms with Crippen molar-refractivity contribution in [2.24, 2.45) is 5.73 Å². The molecule has 0 atom stereocenters. The average molecular weight is 233 g/mol. The van der Waals surface area contributed by atoms with Gasteiger partial charge < -0.3 is 15.8 Å². The molecule has 2 amide bonds. The molecule has 0 radical (unpaired) electrons. The van der Waals surface area contributed by atoms with Crippen molar-refractivity contribution in [3.63, 3.8) is 0 Å². The zero-order valence-electron chi connectivity index (χ0n) is 9.45. The van der Waals surface area contributed by atoms with Gasteiger partial charge >= 0.3 is 6.03 Å². The van der Waals surface area contributed by atoms with Gasteiger partial charge in [0.25, 0.3) is 0 Å². The number of amides is 2. The third-order valence-corrected chi connectivity index (χ3v) is 3.25. The van der Waals surface area contributed by atoms with Gasteiger partial charge in [0.2, 0.25) is 0 Å². The molecule has 0 aromatic heterocycles. The van der Waals surface area contributed by atoms with Crippen molar-refractivity contribution >= 4 is 6.03 Å². The summed E-state index contributed by atoms with van der Waals surface area (Å²) < 4.78 is 5.89. The molecule has 1 heterocycles. The topological polar surface area (TPSA) is 76.4 Å². The Morgan fingerprint density at radius 1 is 1.29 bits per heavy atom. The van der Waals surface area contributed by atoms with Gasteiger partial charge in [0.1, 0.15) is 11.6 Å². The number of urea groups is 1. The molecule has 2 aliphatic carbocycles. The van der Waals surface area contributed by atoms with Gasteiger partial charge in [0.15, 0.2) is 0 Å². The van der Waals surface area contributed by atoms with Gasteiger partial charge in [-0.25, -0.2) is 4.79 Å². The lowest BCUT2D eigenvalue weighted by Crippen LogP contribution is -2.44. The lowest BCUT2D eigenvalue weighted by molar-refractivity contribution is 0.0559. The predicted octanol–water partition coefficient (Wildman–Crippen LogP) is 1.21. The van der Waals surface area contributed by atoms with Crippen molar-refractivity contribution in [3.8, 4) is 0 Å². The largest absolute Gasteiger partial charge is 0.490 e. The fourth-order valence-corrected chi connectivity index (χ4v) is 2.13. The minimum Gasteiger partial charge on any atom is -0.490 e. The SMILES string of the molecule is NC1=C2C(=CCC=C2OC2CCC2)NC(=O)N1. The molecule has 4 N–H and O–H groups in total. The minimum absolute atomic E-state index is 0.289. The number of carbonyl (C=O) groups is 1. The van der Waals surface area contributed by atoms with Crippen LogP contribution in [0.1, 0.15) is 25.7 Å². The maximum atomic E-state index is 11.3. The summed E-state index contributed by atoms with van der Waals surface area (Å²) in [6.45, 7) is 0. The van der Waals surface area contributed by atoms with E-state index in [-0.39, 0.29) is 6.03 Å². The summed E-state index contributed by atoms with van der Waals surface area (Å²) in [7, 11) is 0. The molecule has 0 saturated heterocycles. The van der Waals surface area contributed by atoms with Crippen LogP contribution in [0.5, 0.6) is 0 Å². The normalized spacial score (nSPS) is 23.9. The van der Waals surface area contributed by atoms with E-state index in [0.29, 0.717) is 11.9 Å². The molecule has 1 fully saturated rings. The highest BCUT2D eigenvalue weighted by Gasteiger charge is 2.29. The highest BCUT2D eigenvalue weighted by Crippen LogP contribution is 2.32. The maximum Gasteiger partial charge on any atom is 0.324 e. The van der Waals surface area contributed by atoms with Gasteiger partial charge in [-0.1, -0.05) is 6.08 Å². The standard InChI is InChI=1S/C12H15N3O2/c13-11-10-8(14-12(16)15-11)5-2-6-9(10)17-7-3-1-4-7/h5-7H,1-4,13H2,(H2,14,15,16). The molecular formula is C12H15N3O2. The summed E-state index contributed by atoms with van der Waals surface area (Å²) in [5, 5.41) is 5.30. The quantitative estimate of drug-likeness (QED) is 0.671. The van der Waals surface area contributed by atoms with E-state index in [1.54, 1.807) is 0 Å². The Morgan fingerprint density at radius 2 is 2.12 bits per heavy atom. The number of carbonyl (C=O) groups excluding carboxylic acids is 1. The molecule has 17 heavy (non-hydrogen) atoms. The number of nitrogens with two attached hydrogens (primary N) is 1. The molecule has 3 rings (SSSR count). The maximum absolute atomic E-state index is 11.3. The molecule has 90 valence electrons. The predicted molar refractivity (Wildman–Crippen MR) is 62.4 cm³/mol. The molecule has 5 heteroatoms. The Morgan fingerprint density at radius 3 is 2.82 bits per heavy atom. The molecule has 0 aromatic rings. The lowest BCUT2D eigenvalue weighted by Gasteiger charge is -2.32. The van der Waals surface area contributed by atoms with Crippen LogP contribution in [0.3, 0.4) is 0 Å². The molecule has 1 aliphatic heterocycles. The van der Waals surface area contributed by atoms with Crippen molar-refractivity contribution in [1.29, 1.82) is 0 Å². The smallest absolute Gasteiger partial charge is 0.324 e. The summed E-state index contributed by atoms with van der Waals surface area (Å²) in [4.78, 5) is 11.3. The summed E-state index contributed by atoms with van der Waals surface area (Å²) in [6, 6.07) is -0.289. The zero-order chi connectivity index (χ0) is 11.8. The van der Waals surface area contributed by atoms with E-state index in [0.717, 1.165) is 36.3 Å². The van der Waals surface area contributed by atoms with E-state index in [9.17, 15) is 4.79 Å². The second-order valence-electron chi connectivity index (χ2n) is 4.46. The van der Waals surface area contributed by atoms with Crippen molar-refractivity contribution < 1.29 is 9.53 Å². The van der Waals surface area contributed by atoms with E-state index < -0.39 is 0 Å². The van der Waals surface area contributed by atoms with Crippen molar-refractivity contribution in [2.75, 3.05) is 0 Å². The lowest BCUT2D eigenvalue weighted by atomic mass is 9.95. The summed E-state index contributed by atoms with van der Waals surface area (Å²) in [5.74, 6) is 1.16. The van der Waals surface area contributed by atoms with Crippen molar-refractivity contribution in [1.82, 2.24) is 10.6 Å². The second-order valence-corrected chi connectivity index (χ2v) is 4.46. The summed E-state index contributed by atoms with van der Waals surface area (Å²) in [6.07, 6.45) is 8.43. The van der Waals surface area contributed by atoms with Gasteiger partial charge in [0.05, 0.1) is 17.4 Å². The fraction of sp³-hybridized carbons (Fsp3) is 0.417. The number of hydrogen-bond acceptors (Lipinski definition) is 3. The van der Waals surface area contributed by atoms with E-state index in [1.165, 1.54) is 6.42 Å². The summed E-state index contributed by atoms with van der Waals surface area (Å²) in [5.41, 5.74) is 7.38. The number of ether oxygens (including phenoxy) is 1. The Kier molecular flexibility index (Phi) is 2.31. The molecule has 0 unspecified atom stereocenters. The highest BCUT2D eigenvalue weighted by atomic mass is 16.5. The van der Waals surface area contributed by atoms with E-state index in [2.05, 4.69) is 10.6 Å². The zero-order valence-corrected chi connectivity index (χ0v) is 9.45. The second kappa shape index (κ2) is 3.84. The summed E-state index contributed by atoms with van der Waals surface area (Å²) >= 11 is 0. The number of hydrogen-bond donors (Lipinski definition) is 3. The van der Waals surface area contributed by atoms with Crippen LogP contribution in [-0.2, 0) is 4.74 Å². The van der Waals surface area contributed by atoms with Gasteiger partial charge in [-0.15, -0.1) is 0 Å². The monoisotopic (exact) mass is 233 g/mol. The van der Waals surface area contributed by atoms with Crippen LogP contribution in [0, 0.1) is 0 Å². The van der Waals surface area contributed by atoms with E-state index >= 15 is 0 Å². The van der Waals surface area contributed by atoms with Crippen molar-refractivity contribution in [3.05, 3.63) is 35.0 Å². The van der Waals surface area contributed by atoms with Crippen LogP contribution >= 0.6 is 0 Å². The molecule has 0 spiro atoms. The highest BCUT2D eigenvalue weighted by molar-refractivity contribution is 5.82. The van der Waals surface area contributed by atoms with Crippen LogP contribution < -0.4 is 16.4 Å². The number of nitrogens with one attached hydrogen (secondary N) is 2. The molecule has 3 aliphatic rings. The third-order valence-electron chi connectivity index (χ3n) is 3.25. The van der Waals surface area contributed by atoms with Gasteiger partial charge in [-0.05, 0) is 31.8 Å². The van der Waals surface area contributed by atoms with Crippen LogP contribution in [0.2, 0.25) is 0 Å². The van der Waals surface area contributed by atoms with Crippen LogP contribution in [0.4, 0.5) is 4.79 Å². The first kappa shape index (κ1) is 10.3. The molecular weight excluding hydrogens is 218 g/mol.